The minimum absolute atomic E-state index is 0.308. The molecule has 128 valence electrons. The Balaban J connectivity index is 1.74. The molecule has 1 aliphatic carbocycles. The Morgan fingerprint density at radius 2 is 2.04 bits per heavy atom. The number of nitrogens with two attached hydrogens (primary N) is 2. The van der Waals surface area contributed by atoms with Crippen LogP contribution in [0.5, 0.6) is 0 Å². The fraction of sp³-hybridized carbons (Fsp3) is 0.474. The molecule has 0 spiro atoms. The number of aromatic nitrogens is 2. The number of fused-ring (bicyclic) bond motifs is 1. The van der Waals surface area contributed by atoms with Gasteiger partial charge in [-0.05, 0) is 62.4 Å². The van der Waals surface area contributed by atoms with Gasteiger partial charge in [0, 0.05) is 30.9 Å². The zero-order valence-corrected chi connectivity index (χ0v) is 14.1. The molecule has 1 aliphatic rings. The number of pyridine rings is 2. The fourth-order valence-corrected chi connectivity index (χ4v) is 3.52. The van der Waals surface area contributed by atoms with Gasteiger partial charge in [-0.15, -0.1) is 0 Å². The van der Waals surface area contributed by atoms with Crippen molar-refractivity contribution in [3.63, 3.8) is 0 Å². The first-order valence-electron chi connectivity index (χ1n) is 8.87. The number of aryl methyl sites for hydroxylation is 1. The van der Waals surface area contributed by atoms with Gasteiger partial charge in [-0.25, -0.2) is 0 Å². The van der Waals surface area contributed by atoms with E-state index in [9.17, 15) is 0 Å². The van der Waals surface area contributed by atoms with Gasteiger partial charge >= 0.3 is 0 Å². The van der Waals surface area contributed by atoms with Crippen molar-refractivity contribution in [3.05, 3.63) is 53.6 Å². The third kappa shape index (κ3) is 4.10. The molecule has 24 heavy (non-hydrogen) atoms. The zero-order valence-electron chi connectivity index (χ0n) is 14.1. The molecule has 2 aromatic heterocycles. The van der Waals surface area contributed by atoms with Gasteiger partial charge in [-0.2, -0.15) is 0 Å². The molecule has 0 fully saturated rings. The summed E-state index contributed by atoms with van der Waals surface area (Å²) in [6, 6.07) is 8.64. The second-order valence-electron chi connectivity index (χ2n) is 6.53. The van der Waals surface area contributed by atoms with Gasteiger partial charge in [-0.1, -0.05) is 6.07 Å². The molecule has 0 saturated carbocycles. The van der Waals surface area contributed by atoms with E-state index in [1.54, 1.807) is 0 Å². The Kier molecular flexibility index (Phi) is 5.77. The van der Waals surface area contributed by atoms with Crippen molar-refractivity contribution in [2.24, 2.45) is 5.73 Å². The van der Waals surface area contributed by atoms with Crippen LogP contribution in [0.3, 0.4) is 0 Å². The third-order valence-corrected chi connectivity index (χ3v) is 4.75. The topological polar surface area (TPSA) is 89.8 Å². The highest BCUT2D eigenvalue weighted by Crippen LogP contribution is 2.29. The number of hydrogen-bond donors (Lipinski definition) is 3. The molecule has 2 atom stereocenters. The van der Waals surface area contributed by atoms with Gasteiger partial charge in [-0.3, -0.25) is 9.97 Å². The lowest BCUT2D eigenvalue weighted by Crippen LogP contribution is -2.37. The molecule has 5 heteroatoms. The highest BCUT2D eigenvalue weighted by molar-refractivity contribution is 5.42. The first kappa shape index (κ1) is 16.9. The molecule has 0 amide bonds. The van der Waals surface area contributed by atoms with E-state index < -0.39 is 0 Å². The van der Waals surface area contributed by atoms with E-state index in [-0.39, 0.29) is 0 Å². The number of anilines is 1. The first-order valence-corrected chi connectivity index (χ1v) is 8.87. The smallest absolute Gasteiger partial charge is 0.0648 e. The highest BCUT2D eigenvalue weighted by Gasteiger charge is 2.24. The van der Waals surface area contributed by atoms with Crippen molar-refractivity contribution in [1.82, 2.24) is 15.3 Å². The zero-order chi connectivity index (χ0) is 16.8. The minimum Gasteiger partial charge on any atom is -0.397 e. The molecular formula is C19H27N5. The normalized spacial score (nSPS) is 18.1. The Bertz CT molecular complexity index is 658. The monoisotopic (exact) mass is 325 g/mol. The summed E-state index contributed by atoms with van der Waals surface area (Å²) in [5.74, 6) is 0. The summed E-state index contributed by atoms with van der Waals surface area (Å²) in [4.78, 5) is 9.08. The second-order valence-corrected chi connectivity index (χ2v) is 6.53. The van der Waals surface area contributed by atoms with Crippen LogP contribution in [0.25, 0.3) is 0 Å². The summed E-state index contributed by atoms with van der Waals surface area (Å²) in [6.45, 7) is 0.704. The van der Waals surface area contributed by atoms with E-state index in [4.69, 9.17) is 11.5 Å². The predicted octanol–water partition coefficient (Wildman–Crippen LogP) is 2.38. The maximum absolute atomic E-state index is 6.08. The summed E-state index contributed by atoms with van der Waals surface area (Å²) in [5, 5.41) is 3.81. The largest absolute Gasteiger partial charge is 0.397 e. The van der Waals surface area contributed by atoms with Crippen molar-refractivity contribution in [2.45, 2.75) is 50.6 Å². The van der Waals surface area contributed by atoms with Crippen molar-refractivity contribution in [3.8, 4) is 0 Å². The lowest BCUT2D eigenvalue weighted by Gasteiger charge is -2.30. The van der Waals surface area contributed by atoms with E-state index in [0.29, 0.717) is 18.6 Å². The van der Waals surface area contributed by atoms with E-state index in [1.807, 2.05) is 30.6 Å². The molecule has 3 rings (SSSR count). The van der Waals surface area contributed by atoms with Crippen LogP contribution in [0.15, 0.2) is 36.7 Å². The molecule has 0 saturated heterocycles. The summed E-state index contributed by atoms with van der Waals surface area (Å²) in [5.41, 5.74) is 16.1. The Hall–Kier alpha value is -1.98. The molecule has 0 bridgehead atoms. The van der Waals surface area contributed by atoms with Crippen LogP contribution < -0.4 is 16.8 Å². The van der Waals surface area contributed by atoms with Crippen molar-refractivity contribution in [2.75, 3.05) is 12.3 Å². The quantitative estimate of drug-likeness (QED) is 0.727. The first-order chi connectivity index (χ1) is 11.8. The summed E-state index contributed by atoms with van der Waals surface area (Å²) in [7, 11) is 0. The predicted molar refractivity (Wildman–Crippen MR) is 97.5 cm³/mol. The number of hydrogen-bond acceptors (Lipinski definition) is 5. The van der Waals surface area contributed by atoms with Crippen LogP contribution in [-0.2, 0) is 12.8 Å². The molecule has 0 aromatic carbocycles. The molecule has 2 unspecified atom stereocenters. The number of nitrogen functional groups attached to an aromatic ring is 1. The lowest BCUT2D eigenvalue weighted by atomic mass is 9.90. The van der Waals surface area contributed by atoms with E-state index in [0.717, 1.165) is 43.5 Å². The maximum Gasteiger partial charge on any atom is 0.0648 e. The van der Waals surface area contributed by atoms with Crippen LogP contribution in [-0.4, -0.2) is 22.6 Å². The maximum atomic E-state index is 6.08. The van der Waals surface area contributed by atoms with Gasteiger partial charge in [0.1, 0.15) is 0 Å². The van der Waals surface area contributed by atoms with Crippen LogP contribution in [0.2, 0.25) is 0 Å². The minimum atomic E-state index is 0.308. The average Bonchev–Trinajstić information content (AvgIpc) is 2.62. The average molecular weight is 325 g/mol. The third-order valence-electron chi connectivity index (χ3n) is 4.75. The molecule has 2 aromatic rings. The van der Waals surface area contributed by atoms with Crippen LogP contribution >= 0.6 is 0 Å². The Morgan fingerprint density at radius 3 is 2.88 bits per heavy atom. The van der Waals surface area contributed by atoms with E-state index >= 15 is 0 Å². The van der Waals surface area contributed by atoms with Crippen LogP contribution in [0.4, 0.5) is 5.69 Å². The lowest BCUT2D eigenvalue weighted by molar-refractivity contribution is 0.365. The Morgan fingerprint density at radius 1 is 1.21 bits per heavy atom. The summed E-state index contributed by atoms with van der Waals surface area (Å²) < 4.78 is 0. The van der Waals surface area contributed by atoms with Crippen molar-refractivity contribution >= 4 is 5.69 Å². The number of nitrogens with one attached hydrogen (secondary N) is 1. The van der Waals surface area contributed by atoms with E-state index in [1.165, 1.54) is 17.7 Å². The molecule has 0 radical (unpaired) electrons. The standard InChI is InChI=1S/C19H27N5/c20-10-2-7-15(13-18-16(21)8-4-11-22-18)24-17-9-1-5-14-6-3-12-23-19(14)17/h3-4,6,8,11-12,15,17,24H,1-2,5,7,9-10,13,20-21H2. The van der Waals surface area contributed by atoms with Crippen LogP contribution in [0.1, 0.15) is 48.7 Å². The van der Waals surface area contributed by atoms with Gasteiger partial charge in [0.25, 0.3) is 0 Å². The summed E-state index contributed by atoms with van der Waals surface area (Å²) >= 11 is 0. The van der Waals surface area contributed by atoms with Crippen LogP contribution in [0, 0.1) is 0 Å². The van der Waals surface area contributed by atoms with Crippen molar-refractivity contribution in [1.29, 1.82) is 0 Å². The van der Waals surface area contributed by atoms with E-state index in [2.05, 4.69) is 21.4 Å². The number of nitrogens with zero attached hydrogens (tertiary/aromatic N) is 2. The number of rotatable bonds is 7. The molecule has 5 nitrogen and oxygen atoms in total. The Labute approximate surface area is 143 Å². The van der Waals surface area contributed by atoms with Crippen molar-refractivity contribution < 1.29 is 0 Å². The van der Waals surface area contributed by atoms with Gasteiger partial charge in [0.2, 0.25) is 0 Å². The molecule has 5 N–H and O–H groups in total. The van der Waals surface area contributed by atoms with Gasteiger partial charge in [0.15, 0.2) is 0 Å². The highest BCUT2D eigenvalue weighted by atomic mass is 15.0. The van der Waals surface area contributed by atoms with Gasteiger partial charge < -0.3 is 16.8 Å². The fourth-order valence-electron chi connectivity index (χ4n) is 3.52. The molecular weight excluding hydrogens is 298 g/mol. The SMILES string of the molecule is NCCCC(Cc1ncccc1N)NC1CCCc2cccnc21. The second kappa shape index (κ2) is 8.22. The molecule has 2 heterocycles. The van der Waals surface area contributed by atoms with Gasteiger partial charge in [0.05, 0.1) is 17.1 Å². The molecule has 0 aliphatic heterocycles. The summed E-state index contributed by atoms with van der Waals surface area (Å²) in [6.07, 6.45) is 9.99.